The highest BCUT2D eigenvalue weighted by Crippen LogP contribution is 2.21. The van der Waals surface area contributed by atoms with Crippen molar-refractivity contribution in [1.82, 2.24) is 15.1 Å². The van der Waals surface area contributed by atoms with Crippen molar-refractivity contribution in [2.24, 2.45) is 0 Å². The molecule has 0 amide bonds. The fraction of sp³-hybridized carbons (Fsp3) is 0.375. The Morgan fingerprint density at radius 2 is 1.83 bits per heavy atom. The highest BCUT2D eigenvalue weighted by atomic mass is 35.5. The number of ether oxygens (including phenoxy) is 1. The molecule has 1 fully saturated rings. The van der Waals surface area contributed by atoms with Gasteiger partial charge in [-0.3, -0.25) is 9.69 Å². The summed E-state index contributed by atoms with van der Waals surface area (Å²) < 4.78 is 5.72. The van der Waals surface area contributed by atoms with E-state index in [1.807, 2.05) is 24.3 Å². The molecule has 0 aliphatic carbocycles. The molecule has 1 aromatic carbocycles. The molecule has 3 rings (SSSR count). The minimum atomic E-state index is -0.354. The van der Waals surface area contributed by atoms with Crippen molar-refractivity contribution in [2.45, 2.75) is 0 Å². The van der Waals surface area contributed by atoms with Crippen LogP contribution in [0.25, 0.3) is 0 Å². The van der Waals surface area contributed by atoms with Gasteiger partial charge >= 0.3 is 0 Å². The first kappa shape index (κ1) is 17.1. The number of nitrogens with one attached hydrogen (secondary N) is 1. The summed E-state index contributed by atoms with van der Waals surface area (Å²) in [6.45, 7) is 4.82. The van der Waals surface area contributed by atoms with E-state index in [2.05, 4.69) is 20.0 Å². The lowest BCUT2D eigenvalue weighted by Crippen LogP contribution is -2.47. The lowest BCUT2D eigenvalue weighted by molar-refractivity contribution is 0.200. The Hall–Kier alpha value is -1.76. The van der Waals surface area contributed by atoms with E-state index in [1.54, 1.807) is 6.20 Å². The van der Waals surface area contributed by atoms with Crippen LogP contribution in [0, 0.1) is 0 Å². The lowest BCUT2D eigenvalue weighted by atomic mass is 10.3. The van der Waals surface area contributed by atoms with Gasteiger partial charge in [0.25, 0.3) is 5.56 Å². The van der Waals surface area contributed by atoms with E-state index in [0.29, 0.717) is 17.3 Å². The lowest BCUT2D eigenvalue weighted by Gasteiger charge is -2.35. The van der Waals surface area contributed by atoms with Crippen LogP contribution in [0.15, 0.2) is 35.3 Å². The first-order valence-electron chi connectivity index (χ1n) is 7.72. The number of rotatable bonds is 5. The average Bonchev–Trinajstić information content (AvgIpc) is 2.60. The predicted molar refractivity (Wildman–Crippen MR) is 95.5 cm³/mol. The summed E-state index contributed by atoms with van der Waals surface area (Å²) >= 11 is 11.9. The third-order valence-corrected chi connectivity index (χ3v) is 4.60. The van der Waals surface area contributed by atoms with E-state index in [4.69, 9.17) is 27.9 Å². The Kier molecular flexibility index (Phi) is 5.60. The smallest absolute Gasteiger partial charge is 0.285 e. The van der Waals surface area contributed by atoms with Crippen LogP contribution < -0.4 is 15.2 Å². The van der Waals surface area contributed by atoms with E-state index in [-0.39, 0.29) is 10.6 Å². The minimum Gasteiger partial charge on any atom is -0.492 e. The standard InChI is InChI=1S/C16H18Cl2N4O2/c17-12-1-3-13(4-2-12)24-10-9-21-5-7-22(8-6-21)14-11-19-20-16(23)15(14)18/h1-4,11H,5-10H2,(H,20,23). The van der Waals surface area contributed by atoms with Gasteiger partial charge in [0.15, 0.2) is 0 Å². The van der Waals surface area contributed by atoms with Gasteiger partial charge in [0.05, 0.1) is 11.9 Å². The van der Waals surface area contributed by atoms with Crippen molar-refractivity contribution in [1.29, 1.82) is 0 Å². The second-order valence-electron chi connectivity index (χ2n) is 5.53. The van der Waals surface area contributed by atoms with Crippen LogP contribution in [0.4, 0.5) is 5.69 Å². The van der Waals surface area contributed by atoms with E-state index in [1.165, 1.54) is 0 Å². The number of benzene rings is 1. The van der Waals surface area contributed by atoms with Crippen LogP contribution in [-0.2, 0) is 0 Å². The summed E-state index contributed by atoms with van der Waals surface area (Å²) in [4.78, 5) is 15.9. The molecular formula is C16H18Cl2N4O2. The maximum Gasteiger partial charge on any atom is 0.285 e. The zero-order valence-corrected chi connectivity index (χ0v) is 14.6. The molecule has 1 aliphatic rings. The SMILES string of the molecule is O=c1[nH]ncc(N2CCN(CCOc3ccc(Cl)cc3)CC2)c1Cl. The summed E-state index contributed by atoms with van der Waals surface area (Å²) in [5, 5.41) is 7.06. The molecule has 1 aliphatic heterocycles. The van der Waals surface area contributed by atoms with Crippen LogP contribution in [-0.4, -0.2) is 54.4 Å². The van der Waals surface area contributed by atoms with Gasteiger partial charge in [0.2, 0.25) is 0 Å². The second kappa shape index (κ2) is 7.88. The van der Waals surface area contributed by atoms with E-state index in [0.717, 1.165) is 38.5 Å². The van der Waals surface area contributed by atoms with Crippen molar-refractivity contribution < 1.29 is 4.74 Å². The van der Waals surface area contributed by atoms with Crippen LogP contribution in [0.5, 0.6) is 5.75 Å². The molecule has 8 heteroatoms. The third kappa shape index (κ3) is 4.20. The molecule has 0 unspecified atom stereocenters. The number of H-pyrrole nitrogens is 1. The number of hydrogen-bond acceptors (Lipinski definition) is 5. The van der Waals surface area contributed by atoms with Crippen LogP contribution in [0.2, 0.25) is 10.0 Å². The summed E-state index contributed by atoms with van der Waals surface area (Å²) in [6, 6.07) is 7.36. The Labute approximate surface area is 149 Å². The van der Waals surface area contributed by atoms with Crippen molar-refractivity contribution in [3.05, 3.63) is 50.9 Å². The number of aromatic nitrogens is 2. The number of aromatic amines is 1. The summed E-state index contributed by atoms with van der Waals surface area (Å²) in [5.74, 6) is 0.819. The van der Waals surface area contributed by atoms with Crippen molar-refractivity contribution in [3.63, 3.8) is 0 Å². The maximum atomic E-state index is 11.5. The van der Waals surface area contributed by atoms with Gasteiger partial charge in [-0.2, -0.15) is 5.10 Å². The minimum absolute atomic E-state index is 0.199. The molecule has 0 spiro atoms. The highest BCUT2D eigenvalue weighted by Gasteiger charge is 2.20. The number of hydrogen-bond donors (Lipinski definition) is 1. The fourth-order valence-corrected chi connectivity index (χ4v) is 2.97. The van der Waals surface area contributed by atoms with Crippen molar-refractivity contribution in [2.75, 3.05) is 44.2 Å². The van der Waals surface area contributed by atoms with Crippen LogP contribution >= 0.6 is 23.2 Å². The number of nitrogens with zero attached hydrogens (tertiary/aromatic N) is 3. The van der Waals surface area contributed by atoms with Crippen LogP contribution in [0.1, 0.15) is 0 Å². The molecule has 0 saturated carbocycles. The summed E-state index contributed by atoms with van der Waals surface area (Å²) in [6.07, 6.45) is 1.60. The first-order valence-corrected chi connectivity index (χ1v) is 8.48. The predicted octanol–water partition coefficient (Wildman–Crippen LogP) is 2.28. The van der Waals surface area contributed by atoms with Gasteiger partial charge < -0.3 is 9.64 Å². The number of halogens is 2. The number of anilines is 1. The van der Waals surface area contributed by atoms with Crippen molar-refractivity contribution in [3.8, 4) is 5.75 Å². The second-order valence-corrected chi connectivity index (χ2v) is 6.34. The topological polar surface area (TPSA) is 61.5 Å². The molecule has 1 saturated heterocycles. The van der Waals surface area contributed by atoms with Crippen molar-refractivity contribution >= 4 is 28.9 Å². The molecule has 0 bridgehead atoms. The molecule has 2 heterocycles. The molecule has 2 aromatic rings. The number of piperazine rings is 1. The monoisotopic (exact) mass is 368 g/mol. The molecule has 1 aromatic heterocycles. The normalized spacial score (nSPS) is 15.5. The Morgan fingerprint density at radius 1 is 1.12 bits per heavy atom. The van der Waals surface area contributed by atoms with Gasteiger partial charge in [-0.1, -0.05) is 23.2 Å². The summed E-state index contributed by atoms with van der Waals surface area (Å²) in [7, 11) is 0. The van der Waals surface area contributed by atoms with Crippen LogP contribution in [0.3, 0.4) is 0 Å². The van der Waals surface area contributed by atoms with Gasteiger partial charge in [0.1, 0.15) is 17.4 Å². The Balaban J connectivity index is 1.46. The summed E-state index contributed by atoms with van der Waals surface area (Å²) in [5.41, 5.74) is 0.338. The van der Waals surface area contributed by atoms with E-state index in [9.17, 15) is 4.79 Å². The zero-order valence-electron chi connectivity index (χ0n) is 13.0. The molecule has 24 heavy (non-hydrogen) atoms. The third-order valence-electron chi connectivity index (χ3n) is 3.98. The van der Waals surface area contributed by atoms with E-state index < -0.39 is 0 Å². The largest absolute Gasteiger partial charge is 0.492 e. The quantitative estimate of drug-likeness (QED) is 0.876. The molecule has 6 nitrogen and oxygen atoms in total. The molecule has 128 valence electrons. The molecular weight excluding hydrogens is 351 g/mol. The maximum absolute atomic E-state index is 11.5. The molecule has 1 N–H and O–H groups in total. The first-order chi connectivity index (χ1) is 11.6. The zero-order chi connectivity index (χ0) is 16.9. The van der Waals surface area contributed by atoms with Gasteiger partial charge in [-0.25, -0.2) is 5.10 Å². The molecule has 0 atom stereocenters. The van der Waals surface area contributed by atoms with Gasteiger partial charge in [-0.05, 0) is 24.3 Å². The van der Waals surface area contributed by atoms with E-state index >= 15 is 0 Å². The Morgan fingerprint density at radius 3 is 2.54 bits per heavy atom. The van der Waals surface area contributed by atoms with Gasteiger partial charge in [-0.15, -0.1) is 0 Å². The molecule has 0 radical (unpaired) electrons. The average molecular weight is 369 g/mol. The Bertz CT molecular complexity index is 728. The highest BCUT2D eigenvalue weighted by molar-refractivity contribution is 6.33. The van der Waals surface area contributed by atoms with Gasteiger partial charge in [0, 0.05) is 37.7 Å². The fourth-order valence-electron chi connectivity index (χ4n) is 2.63.